The number of aliphatic hydroxyl groups is 2. The monoisotopic (exact) mass is 456 g/mol. The molecule has 2 aliphatic heterocycles. The first-order chi connectivity index (χ1) is 15.7. The molecule has 1 aromatic carbocycles. The highest BCUT2D eigenvalue weighted by Gasteiger charge is 2.55. The molecule has 0 aliphatic carbocycles. The van der Waals surface area contributed by atoms with Crippen LogP contribution in [0.1, 0.15) is 45.2 Å². The topological polar surface area (TPSA) is 146 Å². The van der Waals surface area contributed by atoms with E-state index < -0.39 is 17.6 Å². The van der Waals surface area contributed by atoms with Crippen molar-refractivity contribution in [3.05, 3.63) is 35.5 Å². The zero-order valence-electron chi connectivity index (χ0n) is 19.2. The van der Waals surface area contributed by atoms with E-state index >= 15 is 0 Å². The lowest BCUT2D eigenvalue weighted by Gasteiger charge is -2.51. The molecule has 0 radical (unpaired) electrons. The van der Waals surface area contributed by atoms with Crippen molar-refractivity contribution >= 4 is 11.9 Å². The van der Waals surface area contributed by atoms with Gasteiger partial charge >= 0.3 is 12.1 Å². The average Bonchev–Trinajstić information content (AvgIpc) is 2.78. The normalized spacial score (nSPS) is 20.4. The molecule has 33 heavy (non-hydrogen) atoms. The Morgan fingerprint density at radius 3 is 2.70 bits per heavy atom. The molecule has 176 valence electrons. The van der Waals surface area contributed by atoms with Gasteiger partial charge < -0.3 is 29.7 Å². The lowest BCUT2D eigenvalue weighted by Crippen LogP contribution is -2.74. The summed E-state index contributed by atoms with van der Waals surface area (Å²) < 4.78 is 15.9. The van der Waals surface area contributed by atoms with Crippen LogP contribution in [-0.4, -0.2) is 46.0 Å². The molecule has 0 spiro atoms. The number of amides is 1. The molecule has 2 atom stereocenters. The van der Waals surface area contributed by atoms with Crippen molar-refractivity contribution in [2.75, 3.05) is 12.4 Å². The summed E-state index contributed by atoms with van der Waals surface area (Å²) in [6, 6.07) is 6.94. The van der Waals surface area contributed by atoms with E-state index in [1.54, 1.807) is 25.3 Å². The Morgan fingerprint density at radius 2 is 2.09 bits per heavy atom. The number of benzene rings is 1. The second-order valence-corrected chi connectivity index (χ2v) is 7.85. The van der Waals surface area contributed by atoms with Crippen LogP contribution in [0.25, 0.3) is 11.1 Å². The summed E-state index contributed by atoms with van der Waals surface area (Å²) in [6.45, 7) is 7.69. The quantitative estimate of drug-likeness (QED) is 0.510. The second kappa shape index (κ2) is 9.23. The van der Waals surface area contributed by atoms with Crippen LogP contribution in [0.3, 0.4) is 0 Å². The molecule has 10 nitrogen and oxygen atoms in total. The standard InChI is InChI=1S/C21H22N4O6.C2H6/c1-11-7-20(2,25-11)21(27,28)31-16-5-4-13-14-6-17(24-19(26)29-3)23-9-12(14)10-30-18(13)15(16)8-22;1-2/h4-6,9,11,25,27-28H,7,10H2,1-3H3,(H,23,24,26);1-2H3. The third-order valence-corrected chi connectivity index (χ3v) is 5.55. The van der Waals surface area contributed by atoms with Gasteiger partial charge in [0.1, 0.15) is 41.1 Å². The Hall–Kier alpha value is -3.39. The van der Waals surface area contributed by atoms with Gasteiger partial charge in [-0.2, -0.15) is 5.26 Å². The first kappa shape index (κ1) is 24.3. The first-order valence-corrected chi connectivity index (χ1v) is 10.6. The number of carbonyl (C=O) groups excluding carboxylic acids is 1. The Kier molecular flexibility index (Phi) is 6.78. The van der Waals surface area contributed by atoms with E-state index in [0.717, 1.165) is 5.56 Å². The fraction of sp³-hybridized carbons (Fsp3) is 0.435. The Labute approximate surface area is 192 Å². The summed E-state index contributed by atoms with van der Waals surface area (Å²) in [7, 11) is 1.25. The van der Waals surface area contributed by atoms with Gasteiger partial charge in [-0.3, -0.25) is 5.32 Å². The molecule has 0 bridgehead atoms. The highest BCUT2D eigenvalue weighted by atomic mass is 16.8. The minimum atomic E-state index is -2.53. The summed E-state index contributed by atoms with van der Waals surface area (Å²) >= 11 is 0. The predicted molar refractivity (Wildman–Crippen MR) is 120 cm³/mol. The van der Waals surface area contributed by atoms with Crippen molar-refractivity contribution in [1.82, 2.24) is 10.3 Å². The van der Waals surface area contributed by atoms with Gasteiger partial charge in [0.05, 0.1) is 7.11 Å². The van der Waals surface area contributed by atoms with E-state index in [-0.39, 0.29) is 35.5 Å². The number of ether oxygens (including phenoxy) is 3. The third kappa shape index (κ3) is 4.43. The van der Waals surface area contributed by atoms with Gasteiger partial charge in [-0.05, 0) is 44.0 Å². The molecule has 1 fully saturated rings. The van der Waals surface area contributed by atoms with Gasteiger partial charge in [0.15, 0.2) is 0 Å². The van der Waals surface area contributed by atoms with Crippen molar-refractivity contribution in [2.24, 2.45) is 0 Å². The van der Waals surface area contributed by atoms with E-state index in [1.165, 1.54) is 13.2 Å². The number of nitrogens with zero attached hydrogens (tertiary/aromatic N) is 2. The number of nitriles is 1. The molecule has 4 N–H and O–H groups in total. The minimum absolute atomic E-state index is 0.0146. The van der Waals surface area contributed by atoms with Gasteiger partial charge in [-0.1, -0.05) is 13.8 Å². The molecular formula is C23H28N4O6. The van der Waals surface area contributed by atoms with Crippen LogP contribution < -0.4 is 20.1 Å². The van der Waals surface area contributed by atoms with Crippen molar-refractivity contribution in [3.63, 3.8) is 0 Å². The van der Waals surface area contributed by atoms with Gasteiger partial charge in [0, 0.05) is 23.4 Å². The SMILES string of the molecule is CC.COC(=O)Nc1cc2c(cn1)COc1c-2ccc(OC(O)(O)C2(C)CC(C)N2)c1C#N. The molecular weight excluding hydrogens is 428 g/mol. The largest absolute Gasteiger partial charge is 0.487 e. The fourth-order valence-corrected chi connectivity index (χ4v) is 3.97. The molecule has 2 aliphatic rings. The minimum Gasteiger partial charge on any atom is -0.487 e. The van der Waals surface area contributed by atoms with E-state index in [0.29, 0.717) is 17.5 Å². The third-order valence-electron chi connectivity index (χ3n) is 5.55. The van der Waals surface area contributed by atoms with Crippen LogP contribution in [0.4, 0.5) is 10.6 Å². The highest BCUT2D eigenvalue weighted by Crippen LogP contribution is 2.45. The molecule has 1 aromatic heterocycles. The van der Waals surface area contributed by atoms with Crippen LogP contribution in [-0.2, 0) is 11.3 Å². The lowest BCUT2D eigenvalue weighted by atomic mass is 9.81. The Balaban J connectivity index is 0.00000149. The van der Waals surface area contributed by atoms with Gasteiger partial charge in [0.2, 0.25) is 0 Å². The second-order valence-electron chi connectivity index (χ2n) is 7.85. The zero-order valence-corrected chi connectivity index (χ0v) is 19.2. The Bertz CT molecular complexity index is 1090. The van der Waals surface area contributed by atoms with Crippen molar-refractivity contribution in [3.8, 4) is 28.7 Å². The smallest absolute Gasteiger partial charge is 0.412 e. The fourth-order valence-electron chi connectivity index (χ4n) is 3.97. The summed E-state index contributed by atoms with van der Waals surface area (Å²) in [4.78, 5) is 15.6. The number of carbonyl (C=O) groups is 1. The van der Waals surface area contributed by atoms with Crippen LogP contribution in [0.5, 0.6) is 11.5 Å². The molecule has 2 unspecified atom stereocenters. The van der Waals surface area contributed by atoms with Gasteiger partial charge in [0.25, 0.3) is 0 Å². The lowest BCUT2D eigenvalue weighted by molar-refractivity contribution is -0.348. The van der Waals surface area contributed by atoms with Crippen LogP contribution in [0, 0.1) is 11.3 Å². The summed E-state index contributed by atoms with van der Waals surface area (Å²) in [5.41, 5.74) is 1.02. The number of aromatic nitrogens is 1. The summed E-state index contributed by atoms with van der Waals surface area (Å²) in [6.07, 6.45) is 1.40. The van der Waals surface area contributed by atoms with E-state index in [2.05, 4.69) is 20.4 Å². The van der Waals surface area contributed by atoms with Crippen LogP contribution in [0.2, 0.25) is 0 Å². The van der Waals surface area contributed by atoms with Gasteiger partial charge in [-0.25, -0.2) is 9.78 Å². The van der Waals surface area contributed by atoms with Crippen LogP contribution in [0.15, 0.2) is 24.4 Å². The average molecular weight is 456 g/mol. The first-order valence-electron chi connectivity index (χ1n) is 10.6. The molecule has 1 saturated heterocycles. The number of anilines is 1. The number of methoxy groups -OCH3 is 1. The van der Waals surface area contributed by atoms with E-state index in [4.69, 9.17) is 9.47 Å². The number of pyridine rings is 1. The summed E-state index contributed by atoms with van der Waals surface area (Å²) in [5, 5.41) is 36.4. The maximum atomic E-state index is 11.5. The van der Waals surface area contributed by atoms with Crippen molar-refractivity contribution < 1.29 is 29.2 Å². The van der Waals surface area contributed by atoms with Crippen molar-refractivity contribution in [2.45, 2.75) is 58.3 Å². The number of rotatable bonds is 4. The molecule has 3 heterocycles. The number of hydrogen-bond donors (Lipinski definition) is 4. The highest BCUT2D eigenvalue weighted by molar-refractivity contribution is 5.86. The molecule has 2 aromatic rings. The predicted octanol–water partition coefficient (Wildman–Crippen LogP) is 2.87. The number of nitrogens with one attached hydrogen (secondary N) is 2. The maximum absolute atomic E-state index is 11.5. The maximum Gasteiger partial charge on any atom is 0.412 e. The Morgan fingerprint density at radius 1 is 1.39 bits per heavy atom. The van der Waals surface area contributed by atoms with Crippen LogP contribution >= 0.6 is 0 Å². The van der Waals surface area contributed by atoms with Crippen molar-refractivity contribution in [1.29, 1.82) is 5.26 Å². The number of fused-ring (bicyclic) bond motifs is 3. The van der Waals surface area contributed by atoms with E-state index in [9.17, 15) is 20.3 Å². The molecule has 10 heteroatoms. The molecule has 0 saturated carbocycles. The van der Waals surface area contributed by atoms with Gasteiger partial charge in [-0.15, -0.1) is 0 Å². The molecule has 4 rings (SSSR count). The zero-order chi connectivity index (χ0) is 24.4. The molecule has 1 amide bonds. The number of hydrogen-bond acceptors (Lipinski definition) is 9. The summed E-state index contributed by atoms with van der Waals surface area (Å²) in [5.74, 6) is -2.02. The van der Waals surface area contributed by atoms with E-state index in [1.807, 2.05) is 26.8 Å².